The highest BCUT2D eigenvalue weighted by Crippen LogP contribution is 2.27. The van der Waals surface area contributed by atoms with E-state index in [2.05, 4.69) is 66.6 Å². The summed E-state index contributed by atoms with van der Waals surface area (Å²) in [5, 5.41) is 4.67. The zero-order valence-corrected chi connectivity index (χ0v) is 12.8. The zero-order valence-electron chi connectivity index (χ0n) is 12.0. The summed E-state index contributed by atoms with van der Waals surface area (Å²) in [7, 11) is 0. The van der Waals surface area contributed by atoms with Gasteiger partial charge in [-0.05, 0) is 44.5 Å². The first-order valence-corrected chi connectivity index (χ1v) is 7.64. The van der Waals surface area contributed by atoms with Gasteiger partial charge in [0, 0.05) is 11.7 Å². The van der Waals surface area contributed by atoms with E-state index < -0.39 is 0 Å². The number of aromatic nitrogens is 1. The van der Waals surface area contributed by atoms with E-state index in [1.807, 2.05) is 6.92 Å². The van der Waals surface area contributed by atoms with Crippen molar-refractivity contribution in [1.82, 2.24) is 4.98 Å². The lowest BCUT2D eigenvalue weighted by Crippen LogP contribution is -2.06. The van der Waals surface area contributed by atoms with E-state index in [9.17, 15) is 0 Å². The molecular weight excluding hydrogens is 264 g/mol. The molecule has 2 nitrogen and oxygen atoms in total. The molecule has 0 spiro atoms. The molecule has 0 aliphatic carbocycles. The number of rotatable bonds is 3. The predicted molar refractivity (Wildman–Crippen MR) is 87.6 cm³/mol. The normalized spacial score (nSPS) is 12.6. The average molecular weight is 282 g/mol. The van der Waals surface area contributed by atoms with Crippen molar-refractivity contribution >= 4 is 27.2 Å². The zero-order chi connectivity index (χ0) is 14.1. The standard InChI is InChI=1S/C17H18N2S/c1-11-4-6-14(7-5-11)12(2)18-15-8-9-16-17(10-15)20-13(3)19-16/h4-10,12,18H,1-3H3. The summed E-state index contributed by atoms with van der Waals surface area (Å²) < 4.78 is 1.24. The molecule has 2 aromatic carbocycles. The summed E-state index contributed by atoms with van der Waals surface area (Å²) >= 11 is 1.74. The van der Waals surface area contributed by atoms with E-state index in [0.29, 0.717) is 6.04 Å². The Labute approximate surface area is 123 Å². The molecule has 102 valence electrons. The first kappa shape index (κ1) is 13.1. The maximum Gasteiger partial charge on any atom is 0.0907 e. The fourth-order valence-corrected chi connectivity index (χ4v) is 3.18. The molecule has 0 aliphatic heterocycles. The Bertz CT molecular complexity index is 728. The van der Waals surface area contributed by atoms with Crippen LogP contribution in [0.5, 0.6) is 0 Å². The van der Waals surface area contributed by atoms with E-state index in [-0.39, 0.29) is 0 Å². The summed E-state index contributed by atoms with van der Waals surface area (Å²) in [5.41, 5.74) is 4.83. The highest BCUT2D eigenvalue weighted by Gasteiger charge is 2.06. The van der Waals surface area contributed by atoms with Gasteiger partial charge in [0.25, 0.3) is 0 Å². The Morgan fingerprint density at radius 1 is 1.05 bits per heavy atom. The Kier molecular flexibility index (Phi) is 3.45. The molecule has 20 heavy (non-hydrogen) atoms. The molecule has 0 saturated carbocycles. The molecule has 0 fully saturated rings. The van der Waals surface area contributed by atoms with Crippen LogP contribution in [-0.4, -0.2) is 4.98 Å². The van der Waals surface area contributed by atoms with Crippen molar-refractivity contribution < 1.29 is 0 Å². The Balaban J connectivity index is 1.82. The van der Waals surface area contributed by atoms with Crippen LogP contribution >= 0.6 is 11.3 Å². The van der Waals surface area contributed by atoms with Gasteiger partial charge in [-0.25, -0.2) is 4.98 Å². The quantitative estimate of drug-likeness (QED) is 0.724. The maximum atomic E-state index is 4.49. The lowest BCUT2D eigenvalue weighted by Gasteiger charge is -2.16. The Hall–Kier alpha value is -1.87. The van der Waals surface area contributed by atoms with Crippen LogP contribution in [0.3, 0.4) is 0 Å². The van der Waals surface area contributed by atoms with Gasteiger partial charge in [-0.3, -0.25) is 0 Å². The second-order valence-corrected chi connectivity index (χ2v) is 6.43. The first-order valence-electron chi connectivity index (χ1n) is 6.82. The van der Waals surface area contributed by atoms with Gasteiger partial charge < -0.3 is 5.32 Å². The summed E-state index contributed by atoms with van der Waals surface area (Å²) in [6.07, 6.45) is 0. The molecule has 0 aliphatic rings. The van der Waals surface area contributed by atoms with Crippen LogP contribution in [0.25, 0.3) is 10.2 Å². The van der Waals surface area contributed by atoms with Gasteiger partial charge in [0.2, 0.25) is 0 Å². The van der Waals surface area contributed by atoms with E-state index in [4.69, 9.17) is 0 Å². The fraction of sp³-hybridized carbons (Fsp3) is 0.235. The van der Waals surface area contributed by atoms with Crippen molar-refractivity contribution in [2.45, 2.75) is 26.8 Å². The number of nitrogens with one attached hydrogen (secondary N) is 1. The molecule has 1 atom stereocenters. The van der Waals surface area contributed by atoms with Gasteiger partial charge in [-0.2, -0.15) is 0 Å². The molecule has 1 aromatic heterocycles. The minimum atomic E-state index is 0.294. The highest BCUT2D eigenvalue weighted by molar-refractivity contribution is 7.18. The number of fused-ring (bicyclic) bond motifs is 1. The number of hydrogen-bond acceptors (Lipinski definition) is 3. The van der Waals surface area contributed by atoms with Crippen LogP contribution in [0, 0.1) is 13.8 Å². The molecule has 0 saturated heterocycles. The van der Waals surface area contributed by atoms with E-state index >= 15 is 0 Å². The van der Waals surface area contributed by atoms with E-state index in [1.165, 1.54) is 15.8 Å². The van der Waals surface area contributed by atoms with Crippen LogP contribution in [0.4, 0.5) is 5.69 Å². The molecule has 3 rings (SSSR count). The molecule has 3 heteroatoms. The van der Waals surface area contributed by atoms with E-state index in [1.54, 1.807) is 11.3 Å². The monoisotopic (exact) mass is 282 g/mol. The first-order chi connectivity index (χ1) is 9.61. The van der Waals surface area contributed by atoms with E-state index in [0.717, 1.165) is 16.2 Å². The lowest BCUT2D eigenvalue weighted by molar-refractivity contribution is 0.884. The van der Waals surface area contributed by atoms with Crippen molar-refractivity contribution in [3.63, 3.8) is 0 Å². The third-order valence-corrected chi connectivity index (χ3v) is 4.39. The Morgan fingerprint density at radius 3 is 2.55 bits per heavy atom. The van der Waals surface area contributed by atoms with Crippen molar-refractivity contribution in [2.24, 2.45) is 0 Å². The number of nitrogens with zero attached hydrogens (tertiary/aromatic N) is 1. The molecule has 0 bridgehead atoms. The van der Waals surface area contributed by atoms with Crippen molar-refractivity contribution in [2.75, 3.05) is 5.32 Å². The summed E-state index contributed by atoms with van der Waals surface area (Å²) in [6, 6.07) is 15.3. The third kappa shape index (κ3) is 2.68. The molecule has 1 unspecified atom stereocenters. The Morgan fingerprint density at radius 2 is 1.80 bits per heavy atom. The number of aryl methyl sites for hydroxylation is 2. The topological polar surface area (TPSA) is 24.9 Å². The van der Waals surface area contributed by atoms with Gasteiger partial charge in [0.05, 0.1) is 15.2 Å². The van der Waals surface area contributed by atoms with Gasteiger partial charge in [-0.15, -0.1) is 11.3 Å². The van der Waals surface area contributed by atoms with Crippen LogP contribution < -0.4 is 5.32 Å². The average Bonchev–Trinajstić information content (AvgIpc) is 2.78. The minimum absolute atomic E-state index is 0.294. The van der Waals surface area contributed by atoms with Crippen LogP contribution in [0.15, 0.2) is 42.5 Å². The van der Waals surface area contributed by atoms with Gasteiger partial charge in [0.15, 0.2) is 0 Å². The molecule has 0 amide bonds. The largest absolute Gasteiger partial charge is 0.378 e. The number of benzene rings is 2. The maximum absolute atomic E-state index is 4.49. The molecule has 1 N–H and O–H groups in total. The van der Waals surface area contributed by atoms with Crippen LogP contribution in [-0.2, 0) is 0 Å². The van der Waals surface area contributed by atoms with Crippen LogP contribution in [0.2, 0.25) is 0 Å². The summed E-state index contributed by atoms with van der Waals surface area (Å²) in [4.78, 5) is 4.49. The summed E-state index contributed by atoms with van der Waals surface area (Å²) in [5.74, 6) is 0. The molecule has 3 aromatic rings. The number of anilines is 1. The summed E-state index contributed by atoms with van der Waals surface area (Å²) in [6.45, 7) is 6.35. The second kappa shape index (κ2) is 5.25. The predicted octanol–water partition coefficient (Wildman–Crippen LogP) is 5.09. The van der Waals surface area contributed by atoms with Crippen molar-refractivity contribution in [1.29, 1.82) is 0 Å². The lowest BCUT2D eigenvalue weighted by atomic mass is 10.1. The smallest absolute Gasteiger partial charge is 0.0907 e. The van der Waals surface area contributed by atoms with Gasteiger partial charge >= 0.3 is 0 Å². The van der Waals surface area contributed by atoms with Gasteiger partial charge in [0.1, 0.15) is 0 Å². The van der Waals surface area contributed by atoms with Crippen LogP contribution in [0.1, 0.15) is 29.1 Å². The molecule has 0 radical (unpaired) electrons. The van der Waals surface area contributed by atoms with Crippen molar-refractivity contribution in [3.05, 3.63) is 58.6 Å². The minimum Gasteiger partial charge on any atom is -0.378 e. The number of thiazole rings is 1. The van der Waals surface area contributed by atoms with Gasteiger partial charge in [-0.1, -0.05) is 29.8 Å². The second-order valence-electron chi connectivity index (χ2n) is 5.19. The van der Waals surface area contributed by atoms with Crippen molar-refractivity contribution in [3.8, 4) is 0 Å². The fourth-order valence-electron chi connectivity index (χ4n) is 2.32. The third-order valence-electron chi connectivity index (χ3n) is 3.46. The highest BCUT2D eigenvalue weighted by atomic mass is 32.1. The molecule has 1 heterocycles. The SMILES string of the molecule is Cc1ccc(C(C)Nc2ccc3nc(C)sc3c2)cc1. The number of hydrogen-bond donors (Lipinski definition) is 1. The molecular formula is C17H18N2S.